The van der Waals surface area contributed by atoms with Crippen LogP contribution in [-0.4, -0.2) is 44.0 Å². The number of fused-ring (bicyclic) bond motifs is 1. The molecule has 144 valence electrons. The van der Waals surface area contributed by atoms with Gasteiger partial charge in [0.25, 0.3) is 0 Å². The summed E-state index contributed by atoms with van der Waals surface area (Å²) in [4.78, 5) is 7.81. The number of pyridine rings is 1. The van der Waals surface area contributed by atoms with Crippen LogP contribution in [0.3, 0.4) is 0 Å². The van der Waals surface area contributed by atoms with Gasteiger partial charge in [-0.05, 0) is 13.0 Å². The van der Waals surface area contributed by atoms with Crippen molar-refractivity contribution in [1.82, 2.24) is 24.6 Å². The Balaban J connectivity index is 1.89. The minimum absolute atomic E-state index is 0.0752. The van der Waals surface area contributed by atoms with Crippen molar-refractivity contribution in [3.8, 4) is 17.1 Å². The van der Waals surface area contributed by atoms with E-state index in [2.05, 4.69) is 29.6 Å². The molecule has 0 saturated carbocycles. The summed E-state index contributed by atoms with van der Waals surface area (Å²) in [5.74, 6) is -0.953. The number of rotatable bonds is 6. The van der Waals surface area contributed by atoms with E-state index in [1.807, 2.05) is 0 Å². The maximum absolute atomic E-state index is 14.0. The van der Waals surface area contributed by atoms with Crippen molar-refractivity contribution in [2.45, 2.75) is 19.2 Å². The van der Waals surface area contributed by atoms with Crippen LogP contribution in [-0.2, 0) is 10.8 Å². The third-order valence-electron chi connectivity index (χ3n) is 3.29. The van der Waals surface area contributed by atoms with Gasteiger partial charge < -0.3 is 9.47 Å². The summed E-state index contributed by atoms with van der Waals surface area (Å²) in [6, 6.07) is 2.62. The molecule has 0 fully saturated rings. The Hall–Kier alpha value is -2.89. The zero-order valence-electron chi connectivity index (χ0n) is 13.7. The Morgan fingerprint density at radius 1 is 1.04 bits per heavy atom. The molecule has 0 bridgehead atoms. The Kier molecular flexibility index (Phi) is 4.91. The lowest BCUT2D eigenvalue weighted by atomic mass is 10.2. The second-order valence-electron chi connectivity index (χ2n) is 5.26. The van der Waals surface area contributed by atoms with Crippen molar-refractivity contribution in [2.75, 3.05) is 13.2 Å². The summed E-state index contributed by atoms with van der Waals surface area (Å²) in [6.07, 6.45) is -4.44. The van der Waals surface area contributed by atoms with Gasteiger partial charge in [0.1, 0.15) is 0 Å². The van der Waals surface area contributed by atoms with Crippen LogP contribution in [0.1, 0.15) is 12.7 Å². The highest BCUT2D eigenvalue weighted by molar-refractivity contribution is 5.59. The highest BCUT2D eigenvalue weighted by atomic mass is 19.4. The fourth-order valence-corrected chi connectivity index (χ4v) is 2.17. The summed E-state index contributed by atoms with van der Waals surface area (Å²) < 4.78 is 74.4. The minimum atomic E-state index is -4.48. The first-order chi connectivity index (χ1) is 12.7. The Morgan fingerprint density at radius 3 is 2.44 bits per heavy atom. The zero-order chi connectivity index (χ0) is 19.7. The summed E-state index contributed by atoms with van der Waals surface area (Å²) >= 11 is 0. The van der Waals surface area contributed by atoms with Crippen molar-refractivity contribution in [2.24, 2.45) is 0 Å². The lowest BCUT2D eigenvalue weighted by Gasteiger charge is -2.13. The van der Waals surface area contributed by atoms with E-state index in [1.165, 1.54) is 37.6 Å². The van der Waals surface area contributed by atoms with E-state index in [4.69, 9.17) is 0 Å². The van der Waals surface area contributed by atoms with Gasteiger partial charge in [0.05, 0.1) is 18.5 Å². The Morgan fingerprint density at radius 2 is 1.81 bits per heavy atom. The topological polar surface area (TPSA) is 74.4 Å². The van der Waals surface area contributed by atoms with Crippen molar-refractivity contribution in [3.63, 3.8) is 0 Å². The average molecular weight is 389 g/mol. The first kappa shape index (κ1) is 18.9. The second-order valence-corrected chi connectivity index (χ2v) is 5.26. The van der Waals surface area contributed by atoms with Gasteiger partial charge in [-0.15, -0.1) is 10.2 Å². The first-order valence-electron chi connectivity index (χ1n) is 7.58. The molecule has 0 aromatic carbocycles. The third-order valence-corrected chi connectivity index (χ3v) is 3.29. The quantitative estimate of drug-likeness (QED) is 0.603. The molecule has 7 nitrogen and oxygen atoms in total. The highest BCUT2D eigenvalue weighted by Gasteiger charge is 2.38. The predicted molar refractivity (Wildman–Crippen MR) is 81.1 cm³/mol. The van der Waals surface area contributed by atoms with Crippen molar-refractivity contribution < 1.29 is 31.4 Å². The molecule has 0 aliphatic carbocycles. The maximum Gasteiger partial charge on any atom is 0.422 e. The smallest absolute Gasteiger partial charge is 0.422 e. The maximum atomic E-state index is 14.0. The standard InChI is InChI=1S/C15H12F5N5O2/c1-2-27-15(19,20)13-24-23-11-6-21-10(7-25(11)13)9-3-4-12(22-5-9)26-8-14(16,17)18/h3-7H,2,8H2,1H3. The molecule has 27 heavy (non-hydrogen) atoms. The Labute approximate surface area is 148 Å². The fraction of sp³-hybridized carbons (Fsp3) is 0.333. The molecule has 3 heterocycles. The molecule has 3 rings (SSSR count). The van der Waals surface area contributed by atoms with Crippen LogP contribution >= 0.6 is 0 Å². The molecular formula is C15H12F5N5O2. The van der Waals surface area contributed by atoms with Gasteiger partial charge >= 0.3 is 12.3 Å². The molecule has 0 N–H and O–H groups in total. The molecule has 0 aliphatic rings. The monoisotopic (exact) mass is 389 g/mol. The largest absolute Gasteiger partial charge is 0.468 e. The van der Waals surface area contributed by atoms with Crippen LogP contribution in [0.25, 0.3) is 16.9 Å². The molecule has 0 unspecified atom stereocenters. The van der Waals surface area contributed by atoms with Crippen LogP contribution < -0.4 is 4.74 Å². The average Bonchev–Trinajstić information content (AvgIpc) is 3.04. The van der Waals surface area contributed by atoms with E-state index in [0.717, 1.165) is 4.40 Å². The van der Waals surface area contributed by atoms with Crippen molar-refractivity contribution in [3.05, 3.63) is 36.5 Å². The van der Waals surface area contributed by atoms with Gasteiger partial charge in [-0.2, -0.15) is 22.0 Å². The predicted octanol–water partition coefficient (Wildman–Crippen LogP) is 3.21. The molecule has 3 aromatic heterocycles. The lowest BCUT2D eigenvalue weighted by molar-refractivity contribution is -0.251. The van der Waals surface area contributed by atoms with Gasteiger partial charge in [-0.25, -0.2) is 4.98 Å². The molecule has 3 aromatic rings. The van der Waals surface area contributed by atoms with Crippen LogP contribution in [0.15, 0.2) is 30.7 Å². The molecule has 0 spiro atoms. The number of aromatic nitrogens is 5. The summed E-state index contributed by atoms with van der Waals surface area (Å²) in [7, 11) is 0. The number of hydrogen-bond donors (Lipinski definition) is 0. The summed E-state index contributed by atoms with van der Waals surface area (Å²) in [5, 5.41) is 7.05. The van der Waals surface area contributed by atoms with Gasteiger partial charge in [0.2, 0.25) is 11.7 Å². The Bertz CT molecular complexity index is 926. The van der Waals surface area contributed by atoms with E-state index in [0.29, 0.717) is 5.56 Å². The summed E-state index contributed by atoms with van der Waals surface area (Å²) in [6.45, 7) is -0.290. The SMILES string of the molecule is CCOC(F)(F)c1nnc2cnc(-c3ccc(OCC(F)(F)F)nc3)cn12. The van der Waals surface area contributed by atoms with Crippen molar-refractivity contribution in [1.29, 1.82) is 0 Å². The number of halogens is 5. The van der Waals surface area contributed by atoms with Crippen LogP contribution in [0.2, 0.25) is 0 Å². The van der Waals surface area contributed by atoms with E-state index in [-0.39, 0.29) is 23.8 Å². The molecule has 0 amide bonds. The molecule has 0 radical (unpaired) electrons. The second kappa shape index (κ2) is 7.02. The third kappa shape index (κ3) is 4.27. The minimum Gasteiger partial charge on any atom is -0.468 e. The first-order valence-corrected chi connectivity index (χ1v) is 7.58. The van der Waals surface area contributed by atoms with Crippen LogP contribution in [0.5, 0.6) is 5.88 Å². The molecule has 0 saturated heterocycles. The van der Waals surface area contributed by atoms with Gasteiger partial charge in [0.15, 0.2) is 12.3 Å². The number of nitrogens with zero attached hydrogens (tertiary/aromatic N) is 5. The van der Waals surface area contributed by atoms with E-state index >= 15 is 0 Å². The van der Waals surface area contributed by atoms with E-state index in [1.54, 1.807) is 0 Å². The number of ether oxygens (including phenoxy) is 2. The molecule has 0 aliphatic heterocycles. The highest BCUT2D eigenvalue weighted by Crippen LogP contribution is 2.29. The van der Waals surface area contributed by atoms with Gasteiger partial charge in [0, 0.05) is 24.0 Å². The van der Waals surface area contributed by atoms with Crippen LogP contribution in [0, 0.1) is 0 Å². The normalized spacial score (nSPS) is 12.5. The van der Waals surface area contributed by atoms with Crippen LogP contribution in [0.4, 0.5) is 22.0 Å². The molecular weight excluding hydrogens is 377 g/mol. The van der Waals surface area contributed by atoms with Gasteiger partial charge in [-0.1, -0.05) is 0 Å². The zero-order valence-corrected chi connectivity index (χ0v) is 13.7. The lowest BCUT2D eigenvalue weighted by Crippen LogP contribution is -2.21. The number of hydrogen-bond acceptors (Lipinski definition) is 6. The van der Waals surface area contributed by atoms with E-state index in [9.17, 15) is 22.0 Å². The van der Waals surface area contributed by atoms with Crippen molar-refractivity contribution >= 4 is 5.65 Å². The molecule has 0 atom stereocenters. The van der Waals surface area contributed by atoms with E-state index < -0.39 is 24.7 Å². The molecule has 12 heteroatoms. The fourth-order valence-electron chi connectivity index (χ4n) is 2.17. The summed E-state index contributed by atoms with van der Waals surface area (Å²) in [5.41, 5.74) is 0.674. The van der Waals surface area contributed by atoms with Gasteiger partial charge in [-0.3, -0.25) is 9.38 Å². The number of alkyl halides is 5.